The van der Waals surface area contributed by atoms with E-state index in [-0.39, 0.29) is 11.4 Å². The van der Waals surface area contributed by atoms with E-state index in [1.165, 1.54) is 5.56 Å². The van der Waals surface area contributed by atoms with Crippen molar-refractivity contribution in [1.82, 2.24) is 24.8 Å². The van der Waals surface area contributed by atoms with Crippen LogP contribution in [0.1, 0.15) is 36.3 Å². The first kappa shape index (κ1) is 18.1. The summed E-state index contributed by atoms with van der Waals surface area (Å²) in [5, 5.41) is 8.67. The van der Waals surface area contributed by atoms with Gasteiger partial charge in [0.2, 0.25) is 5.91 Å². The number of amides is 1. The van der Waals surface area contributed by atoms with Crippen molar-refractivity contribution >= 4 is 11.7 Å². The second-order valence-corrected chi connectivity index (χ2v) is 8.04. The Balaban J connectivity index is 1.34. The van der Waals surface area contributed by atoms with Crippen LogP contribution < -0.4 is 4.90 Å². The van der Waals surface area contributed by atoms with Gasteiger partial charge in [-0.1, -0.05) is 5.16 Å². The number of hydrogen-bond donors (Lipinski definition) is 0. The molecule has 150 valence electrons. The van der Waals surface area contributed by atoms with Crippen LogP contribution in [-0.4, -0.2) is 43.8 Å². The molecular formula is C21H24N6O2. The molecule has 8 nitrogen and oxygen atoms in total. The maximum Gasteiger partial charge on any atom is 0.230 e. The van der Waals surface area contributed by atoms with Crippen LogP contribution in [0.4, 0.5) is 5.82 Å². The van der Waals surface area contributed by atoms with E-state index in [2.05, 4.69) is 37.0 Å². The molecule has 3 aromatic heterocycles. The average molecular weight is 392 g/mol. The van der Waals surface area contributed by atoms with Crippen molar-refractivity contribution in [2.75, 3.05) is 18.0 Å². The molecule has 8 heteroatoms. The van der Waals surface area contributed by atoms with Crippen LogP contribution in [0.25, 0.3) is 0 Å². The third kappa shape index (κ3) is 3.33. The number of fused-ring (bicyclic) bond motifs is 2. The zero-order valence-corrected chi connectivity index (χ0v) is 16.5. The van der Waals surface area contributed by atoms with E-state index in [0.29, 0.717) is 13.0 Å². The predicted octanol–water partition coefficient (Wildman–Crippen LogP) is 2.50. The summed E-state index contributed by atoms with van der Waals surface area (Å²) in [4.78, 5) is 21.4. The first-order valence-corrected chi connectivity index (χ1v) is 10.0. The van der Waals surface area contributed by atoms with E-state index in [4.69, 9.17) is 4.52 Å². The summed E-state index contributed by atoms with van der Waals surface area (Å²) in [6, 6.07) is 7.91. The lowest BCUT2D eigenvalue weighted by Crippen LogP contribution is -2.53. The summed E-state index contributed by atoms with van der Waals surface area (Å²) >= 11 is 0. The first-order valence-electron chi connectivity index (χ1n) is 10.0. The number of nitrogens with zero attached hydrogens (tertiary/aromatic N) is 6. The molecule has 1 spiro atoms. The van der Waals surface area contributed by atoms with Crippen LogP contribution in [0.3, 0.4) is 0 Å². The molecule has 0 radical (unpaired) electrons. The highest BCUT2D eigenvalue weighted by Crippen LogP contribution is 2.41. The Morgan fingerprint density at radius 1 is 1.10 bits per heavy atom. The van der Waals surface area contributed by atoms with Gasteiger partial charge in [-0.2, -0.15) is 5.10 Å². The fraction of sp³-hybridized carbons (Fsp3) is 0.429. The molecule has 5 rings (SSSR count). The molecule has 0 atom stereocenters. The van der Waals surface area contributed by atoms with Gasteiger partial charge in [0, 0.05) is 44.2 Å². The fourth-order valence-electron chi connectivity index (χ4n) is 4.53. The molecule has 0 unspecified atom stereocenters. The topological polar surface area (TPSA) is 80.3 Å². The molecule has 2 aliphatic rings. The van der Waals surface area contributed by atoms with Crippen molar-refractivity contribution in [2.45, 2.75) is 44.8 Å². The molecule has 5 heterocycles. The van der Waals surface area contributed by atoms with Gasteiger partial charge in [0.25, 0.3) is 0 Å². The number of aryl methyl sites for hydroxylation is 1. The fourth-order valence-corrected chi connectivity index (χ4v) is 4.53. The van der Waals surface area contributed by atoms with E-state index in [0.717, 1.165) is 49.7 Å². The third-order valence-corrected chi connectivity index (χ3v) is 6.07. The van der Waals surface area contributed by atoms with Crippen LogP contribution in [0, 0.1) is 6.92 Å². The maximum atomic E-state index is 13.1. The lowest BCUT2D eigenvalue weighted by Gasteiger charge is -2.46. The minimum absolute atomic E-state index is 0.126. The molecule has 0 saturated carbocycles. The largest absolute Gasteiger partial charge is 0.361 e. The van der Waals surface area contributed by atoms with Crippen molar-refractivity contribution in [2.24, 2.45) is 0 Å². The Morgan fingerprint density at radius 2 is 1.90 bits per heavy atom. The van der Waals surface area contributed by atoms with Gasteiger partial charge in [0.05, 0.1) is 24.7 Å². The first-order chi connectivity index (χ1) is 14.1. The summed E-state index contributed by atoms with van der Waals surface area (Å²) in [6.07, 6.45) is 7.76. The highest BCUT2D eigenvalue weighted by Gasteiger charge is 2.45. The summed E-state index contributed by atoms with van der Waals surface area (Å²) in [5.41, 5.74) is 1.79. The number of pyridine rings is 1. The Bertz CT molecular complexity index is 1000. The monoisotopic (exact) mass is 392 g/mol. The number of rotatable bonds is 4. The maximum absolute atomic E-state index is 13.1. The Labute approximate surface area is 169 Å². The van der Waals surface area contributed by atoms with Crippen molar-refractivity contribution in [3.63, 3.8) is 0 Å². The summed E-state index contributed by atoms with van der Waals surface area (Å²) in [7, 11) is 0. The molecule has 29 heavy (non-hydrogen) atoms. The lowest BCUT2D eigenvalue weighted by molar-refractivity contribution is -0.123. The highest BCUT2D eigenvalue weighted by molar-refractivity contribution is 5.94. The van der Waals surface area contributed by atoms with Crippen LogP contribution in [0.2, 0.25) is 0 Å². The van der Waals surface area contributed by atoms with Gasteiger partial charge in [0.15, 0.2) is 0 Å². The van der Waals surface area contributed by atoms with Gasteiger partial charge < -0.3 is 4.52 Å². The molecule has 2 aliphatic heterocycles. The van der Waals surface area contributed by atoms with Crippen LogP contribution in [0.15, 0.2) is 47.4 Å². The Kier molecular flexibility index (Phi) is 4.43. The standard InChI is InChI=1S/C21H24N6O2/c1-16-12-18(24-29-16)15-26-19-4-9-23-27(19)21(13-20(26)28)5-10-25(11-6-21)14-17-2-7-22-8-3-17/h2-4,7-9,12H,5-6,10-11,13-15H2,1H3. The van der Waals surface area contributed by atoms with Gasteiger partial charge in [-0.3, -0.25) is 19.6 Å². The minimum Gasteiger partial charge on any atom is -0.361 e. The quantitative estimate of drug-likeness (QED) is 0.679. The number of hydrogen-bond acceptors (Lipinski definition) is 6. The smallest absolute Gasteiger partial charge is 0.230 e. The third-order valence-electron chi connectivity index (χ3n) is 6.07. The Morgan fingerprint density at radius 3 is 2.62 bits per heavy atom. The number of anilines is 1. The number of piperidine rings is 1. The molecule has 1 saturated heterocycles. The number of likely N-dealkylation sites (tertiary alicyclic amines) is 1. The predicted molar refractivity (Wildman–Crippen MR) is 106 cm³/mol. The number of carbonyl (C=O) groups is 1. The van der Waals surface area contributed by atoms with Gasteiger partial charge in [-0.25, -0.2) is 4.68 Å². The Hall–Kier alpha value is -3.00. The van der Waals surface area contributed by atoms with E-state index >= 15 is 0 Å². The number of carbonyl (C=O) groups excluding carboxylic acids is 1. The second-order valence-electron chi connectivity index (χ2n) is 8.04. The highest BCUT2D eigenvalue weighted by atomic mass is 16.5. The molecule has 3 aromatic rings. The molecule has 1 fully saturated rings. The molecule has 0 aliphatic carbocycles. The van der Waals surface area contributed by atoms with Gasteiger partial charge in [0.1, 0.15) is 17.3 Å². The van der Waals surface area contributed by atoms with Gasteiger partial charge in [-0.15, -0.1) is 0 Å². The summed E-state index contributed by atoms with van der Waals surface area (Å²) in [5.74, 6) is 1.72. The van der Waals surface area contributed by atoms with Crippen molar-refractivity contribution in [3.05, 3.63) is 59.9 Å². The van der Waals surface area contributed by atoms with Crippen LogP contribution in [-0.2, 0) is 23.4 Å². The van der Waals surface area contributed by atoms with E-state index in [1.54, 1.807) is 11.1 Å². The lowest BCUT2D eigenvalue weighted by atomic mass is 9.82. The minimum atomic E-state index is -0.235. The summed E-state index contributed by atoms with van der Waals surface area (Å²) < 4.78 is 7.24. The van der Waals surface area contributed by atoms with Crippen LogP contribution in [0.5, 0.6) is 0 Å². The zero-order valence-electron chi connectivity index (χ0n) is 16.5. The zero-order chi connectivity index (χ0) is 19.8. The molecular weight excluding hydrogens is 368 g/mol. The van der Waals surface area contributed by atoms with Crippen LogP contribution >= 0.6 is 0 Å². The van der Waals surface area contributed by atoms with Crippen molar-refractivity contribution < 1.29 is 9.32 Å². The molecule has 0 bridgehead atoms. The van der Waals surface area contributed by atoms with Crippen molar-refractivity contribution in [3.8, 4) is 0 Å². The SMILES string of the molecule is Cc1cc(CN2C(=O)CC3(CCN(Cc4ccncc4)CC3)n3nccc32)no1. The van der Waals surface area contributed by atoms with Gasteiger partial charge >= 0.3 is 0 Å². The molecule has 0 N–H and O–H groups in total. The molecule has 1 amide bonds. The second kappa shape index (κ2) is 7.11. The molecule has 0 aromatic carbocycles. The van der Waals surface area contributed by atoms with E-state index < -0.39 is 0 Å². The van der Waals surface area contributed by atoms with Crippen molar-refractivity contribution in [1.29, 1.82) is 0 Å². The summed E-state index contributed by atoms with van der Waals surface area (Å²) in [6.45, 7) is 5.06. The average Bonchev–Trinajstić information content (AvgIpc) is 3.37. The number of aromatic nitrogens is 4. The van der Waals surface area contributed by atoms with E-state index in [9.17, 15) is 4.79 Å². The van der Waals surface area contributed by atoms with E-state index in [1.807, 2.05) is 31.5 Å². The normalized spacial score (nSPS) is 18.9. The van der Waals surface area contributed by atoms with Gasteiger partial charge in [-0.05, 0) is 37.5 Å².